The van der Waals surface area contributed by atoms with Gasteiger partial charge in [0.1, 0.15) is 4.88 Å². The molecule has 1 N–H and O–H groups in total. The van der Waals surface area contributed by atoms with Crippen molar-refractivity contribution in [1.82, 2.24) is 10.2 Å². The Morgan fingerprint density at radius 1 is 1.21 bits per heavy atom. The van der Waals surface area contributed by atoms with Crippen LogP contribution in [0.2, 0.25) is 0 Å². The van der Waals surface area contributed by atoms with Crippen LogP contribution in [0.4, 0.5) is 0 Å². The Hall–Kier alpha value is -2.00. The standard InChI is InChI=1S/C20H22N2O4S2/c1-13(19(23)21-6-7-22-8-10-25-11-9-22)26-20(24)17-12-16-18(28-17)14-4-2-3-5-15(14)27-16/h2-5,12-13H,6-11H2,1H3,(H,21,23)/t13-/m1/s1. The lowest BCUT2D eigenvalue weighted by atomic mass is 10.2. The van der Waals surface area contributed by atoms with E-state index in [-0.39, 0.29) is 5.91 Å². The van der Waals surface area contributed by atoms with Crippen LogP contribution in [0.5, 0.6) is 0 Å². The molecule has 1 aliphatic rings. The van der Waals surface area contributed by atoms with E-state index < -0.39 is 12.1 Å². The molecule has 0 spiro atoms. The molecule has 0 unspecified atom stereocenters. The van der Waals surface area contributed by atoms with Gasteiger partial charge in [0.25, 0.3) is 5.91 Å². The zero-order valence-corrected chi connectivity index (χ0v) is 17.2. The number of benzene rings is 1. The largest absolute Gasteiger partial charge is 0.448 e. The molecule has 0 bridgehead atoms. The third kappa shape index (κ3) is 4.20. The van der Waals surface area contributed by atoms with Crippen LogP contribution in [0.1, 0.15) is 16.6 Å². The number of carbonyl (C=O) groups is 2. The molecular formula is C20H22N2O4S2. The summed E-state index contributed by atoms with van der Waals surface area (Å²) in [6.45, 7) is 6.12. The molecular weight excluding hydrogens is 396 g/mol. The highest BCUT2D eigenvalue weighted by Crippen LogP contribution is 2.39. The van der Waals surface area contributed by atoms with E-state index in [0.29, 0.717) is 11.4 Å². The van der Waals surface area contributed by atoms with E-state index in [1.54, 1.807) is 18.3 Å². The van der Waals surface area contributed by atoms with Crippen molar-refractivity contribution in [3.05, 3.63) is 35.2 Å². The van der Waals surface area contributed by atoms with Gasteiger partial charge in [0.05, 0.1) is 17.9 Å². The van der Waals surface area contributed by atoms with Gasteiger partial charge in [-0.15, -0.1) is 22.7 Å². The molecule has 1 aliphatic heterocycles. The van der Waals surface area contributed by atoms with Crippen LogP contribution in [-0.2, 0) is 14.3 Å². The number of esters is 1. The van der Waals surface area contributed by atoms with Crippen molar-refractivity contribution in [1.29, 1.82) is 0 Å². The quantitative estimate of drug-likeness (QED) is 0.623. The van der Waals surface area contributed by atoms with E-state index in [2.05, 4.69) is 22.3 Å². The van der Waals surface area contributed by atoms with E-state index in [0.717, 1.165) is 47.6 Å². The summed E-state index contributed by atoms with van der Waals surface area (Å²) in [5.41, 5.74) is 0. The molecule has 0 aliphatic carbocycles. The molecule has 1 fully saturated rings. The minimum atomic E-state index is -0.825. The van der Waals surface area contributed by atoms with Crippen molar-refractivity contribution in [3.63, 3.8) is 0 Å². The number of rotatable bonds is 6. The molecule has 1 atom stereocenters. The summed E-state index contributed by atoms with van der Waals surface area (Å²) in [6, 6.07) is 10.0. The Balaban J connectivity index is 1.32. The van der Waals surface area contributed by atoms with Crippen molar-refractivity contribution in [2.45, 2.75) is 13.0 Å². The SMILES string of the molecule is C[C@@H](OC(=O)c1cc2sc3ccccc3c2s1)C(=O)NCCN1CCOCC1. The van der Waals surface area contributed by atoms with Gasteiger partial charge in [-0.2, -0.15) is 0 Å². The second-order valence-corrected chi connectivity index (χ2v) is 8.83. The normalized spacial score (nSPS) is 16.3. The first kappa shape index (κ1) is 19.3. The number of amides is 1. The smallest absolute Gasteiger partial charge is 0.349 e. The lowest BCUT2D eigenvalue weighted by Gasteiger charge is -2.26. The number of ether oxygens (including phenoxy) is 2. The van der Waals surface area contributed by atoms with Gasteiger partial charge in [0, 0.05) is 41.0 Å². The number of morpholine rings is 1. The van der Waals surface area contributed by atoms with Gasteiger partial charge in [0.2, 0.25) is 0 Å². The molecule has 1 saturated heterocycles. The van der Waals surface area contributed by atoms with Crippen molar-refractivity contribution in [2.24, 2.45) is 0 Å². The van der Waals surface area contributed by atoms with E-state index >= 15 is 0 Å². The molecule has 1 amide bonds. The van der Waals surface area contributed by atoms with Crippen molar-refractivity contribution in [2.75, 3.05) is 39.4 Å². The second-order valence-electron chi connectivity index (χ2n) is 6.69. The summed E-state index contributed by atoms with van der Waals surface area (Å²) in [6.07, 6.45) is -0.825. The maximum absolute atomic E-state index is 12.5. The first-order valence-electron chi connectivity index (χ1n) is 9.31. The van der Waals surface area contributed by atoms with E-state index in [1.165, 1.54) is 16.0 Å². The first-order valence-corrected chi connectivity index (χ1v) is 10.9. The van der Waals surface area contributed by atoms with Crippen LogP contribution >= 0.6 is 22.7 Å². The number of nitrogens with zero attached hydrogens (tertiary/aromatic N) is 1. The van der Waals surface area contributed by atoms with Crippen LogP contribution in [-0.4, -0.2) is 62.3 Å². The molecule has 0 saturated carbocycles. The minimum absolute atomic E-state index is 0.273. The maximum Gasteiger partial charge on any atom is 0.349 e. The lowest BCUT2D eigenvalue weighted by molar-refractivity contribution is -0.129. The zero-order valence-electron chi connectivity index (χ0n) is 15.6. The highest BCUT2D eigenvalue weighted by molar-refractivity contribution is 7.33. The highest BCUT2D eigenvalue weighted by Gasteiger charge is 2.21. The predicted molar refractivity (Wildman–Crippen MR) is 112 cm³/mol. The molecule has 4 rings (SSSR count). The number of thiophene rings is 2. The Morgan fingerprint density at radius 3 is 2.82 bits per heavy atom. The fraction of sp³-hybridized carbons (Fsp3) is 0.400. The zero-order chi connectivity index (χ0) is 19.5. The fourth-order valence-corrected chi connectivity index (χ4v) is 5.59. The van der Waals surface area contributed by atoms with Gasteiger partial charge in [-0.25, -0.2) is 4.79 Å². The van der Waals surface area contributed by atoms with E-state index in [4.69, 9.17) is 9.47 Å². The molecule has 148 valence electrons. The number of nitrogens with one attached hydrogen (secondary N) is 1. The van der Waals surface area contributed by atoms with Gasteiger partial charge >= 0.3 is 5.97 Å². The van der Waals surface area contributed by atoms with Crippen molar-refractivity contribution >= 4 is 54.0 Å². The topological polar surface area (TPSA) is 67.9 Å². The fourth-order valence-electron chi connectivity index (χ4n) is 3.18. The van der Waals surface area contributed by atoms with Crippen LogP contribution in [0.15, 0.2) is 30.3 Å². The van der Waals surface area contributed by atoms with Crippen molar-refractivity contribution < 1.29 is 19.1 Å². The number of carbonyl (C=O) groups excluding carboxylic acids is 2. The second kappa shape index (κ2) is 8.57. The molecule has 0 radical (unpaired) electrons. The third-order valence-corrected chi connectivity index (χ3v) is 7.13. The number of hydrogen-bond acceptors (Lipinski definition) is 7. The van der Waals surface area contributed by atoms with Gasteiger partial charge < -0.3 is 14.8 Å². The van der Waals surface area contributed by atoms with Crippen LogP contribution in [0.25, 0.3) is 19.5 Å². The van der Waals surface area contributed by atoms with Gasteiger partial charge in [-0.1, -0.05) is 18.2 Å². The monoisotopic (exact) mass is 418 g/mol. The Labute approximate surface area is 171 Å². The van der Waals surface area contributed by atoms with Crippen molar-refractivity contribution in [3.8, 4) is 0 Å². The minimum Gasteiger partial charge on any atom is -0.448 e. The van der Waals surface area contributed by atoms with E-state index in [9.17, 15) is 9.59 Å². The predicted octanol–water partition coefficient (Wildman–Crippen LogP) is 3.11. The first-order chi connectivity index (χ1) is 13.6. The van der Waals surface area contributed by atoms with Crippen LogP contribution < -0.4 is 5.32 Å². The average molecular weight is 419 g/mol. The number of hydrogen-bond donors (Lipinski definition) is 1. The summed E-state index contributed by atoms with van der Waals surface area (Å²) in [7, 11) is 0. The average Bonchev–Trinajstić information content (AvgIpc) is 3.27. The molecule has 6 nitrogen and oxygen atoms in total. The van der Waals surface area contributed by atoms with Gasteiger partial charge in [-0.05, 0) is 19.1 Å². The van der Waals surface area contributed by atoms with E-state index in [1.807, 2.05) is 18.2 Å². The molecule has 3 aromatic rings. The molecule has 1 aromatic carbocycles. The number of fused-ring (bicyclic) bond motifs is 3. The van der Waals surface area contributed by atoms with Gasteiger partial charge in [0.15, 0.2) is 6.10 Å². The Morgan fingerprint density at radius 2 is 2.00 bits per heavy atom. The summed E-state index contributed by atoms with van der Waals surface area (Å²) in [4.78, 5) is 27.5. The highest BCUT2D eigenvalue weighted by atomic mass is 32.1. The van der Waals surface area contributed by atoms with Crippen LogP contribution in [0.3, 0.4) is 0 Å². The molecule has 28 heavy (non-hydrogen) atoms. The molecule has 3 heterocycles. The molecule has 2 aromatic heterocycles. The Kier molecular flexibility index (Phi) is 5.91. The summed E-state index contributed by atoms with van der Waals surface area (Å²) in [5.74, 6) is -0.723. The third-order valence-electron chi connectivity index (χ3n) is 4.73. The summed E-state index contributed by atoms with van der Waals surface area (Å²) in [5, 5.41) is 3.99. The lowest BCUT2D eigenvalue weighted by Crippen LogP contribution is -2.43. The summed E-state index contributed by atoms with van der Waals surface area (Å²) >= 11 is 3.08. The van der Waals surface area contributed by atoms with Gasteiger partial charge in [-0.3, -0.25) is 9.69 Å². The maximum atomic E-state index is 12.5. The van der Waals surface area contributed by atoms with Crippen LogP contribution in [0, 0.1) is 0 Å². The Bertz CT molecular complexity index is 991. The molecule has 8 heteroatoms. The summed E-state index contributed by atoms with van der Waals surface area (Å²) < 4.78 is 14.1.